The molecule has 140 valence electrons. The molecular weight excluding hydrogens is 366 g/mol. The number of amides is 2. The third kappa shape index (κ3) is 3.80. The van der Waals surface area contributed by atoms with Crippen LogP contribution in [0.4, 0.5) is 4.79 Å². The van der Waals surface area contributed by atoms with E-state index < -0.39 is 29.0 Å². The SMILES string of the molecule is CC(=O)C(CCC[C@@H]1SC[C@@H]2NC(=O)N[C@@H]21)(C(=O)O)C(=O)[C@@H](N)CS. The maximum atomic E-state index is 12.5. The number of urea groups is 1. The van der Waals surface area contributed by atoms with Crippen molar-refractivity contribution in [3.05, 3.63) is 0 Å². The molecule has 2 aliphatic rings. The van der Waals surface area contributed by atoms with Gasteiger partial charge in [-0.15, -0.1) is 0 Å². The lowest BCUT2D eigenvalue weighted by Gasteiger charge is -2.28. The van der Waals surface area contributed by atoms with Crippen molar-refractivity contribution in [1.29, 1.82) is 0 Å². The molecule has 0 aromatic heterocycles. The number of thiol groups is 1. The molecule has 25 heavy (non-hydrogen) atoms. The number of aliphatic carboxylic acids is 1. The summed E-state index contributed by atoms with van der Waals surface area (Å²) in [5.74, 6) is -2.21. The van der Waals surface area contributed by atoms with Gasteiger partial charge in [-0.3, -0.25) is 14.4 Å². The predicted molar refractivity (Wildman–Crippen MR) is 96.9 cm³/mol. The summed E-state index contributed by atoms with van der Waals surface area (Å²) in [5.41, 5.74) is 3.53. The van der Waals surface area contributed by atoms with Crippen LogP contribution in [0.2, 0.25) is 0 Å². The van der Waals surface area contributed by atoms with Crippen molar-refractivity contribution >= 4 is 48.0 Å². The topological polar surface area (TPSA) is 139 Å². The van der Waals surface area contributed by atoms with Gasteiger partial charge in [0.15, 0.2) is 17.0 Å². The summed E-state index contributed by atoms with van der Waals surface area (Å²) in [6, 6.07) is -1.24. The molecule has 5 atom stereocenters. The lowest BCUT2D eigenvalue weighted by Crippen LogP contribution is -2.53. The van der Waals surface area contributed by atoms with Crippen molar-refractivity contribution in [3.63, 3.8) is 0 Å². The fourth-order valence-corrected chi connectivity index (χ4v) is 5.16. The number of hydrogen-bond donors (Lipinski definition) is 5. The van der Waals surface area contributed by atoms with Crippen LogP contribution in [0.25, 0.3) is 0 Å². The lowest BCUT2D eigenvalue weighted by atomic mass is 9.73. The highest BCUT2D eigenvalue weighted by molar-refractivity contribution is 8.00. The highest BCUT2D eigenvalue weighted by Crippen LogP contribution is 2.36. The average Bonchev–Trinajstić information content (AvgIpc) is 3.09. The van der Waals surface area contributed by atoms with Crippen LogP contribution in [0.1, 0.15) is 26.2 Å². The van der Waals surface area contributed by atoms with E-state index >= 15 is 0 Å². The van der Waals surface area contributed by atoms with Crippen molar-refractivity contribution in [3.8, 4) is 0 Å². The molecule has 2 saturated heterocycles. The summed E-state index contributed by atoms with van der Waals surface area (Å²) in [4.78, 5) is 47.7. The van der Waals surface area contributed by atoms with Gasteiger partial charge in [-0.1, -0.05) is 6.42 Å². The molecule has 8 nitrogen and oxygen atoms in total. The molecule has 1 unspecified atom stereocenters. The molecule has 2 heterocycles. The number of nitrogens with two attached hydrogens (primary N) is 1. The molecule has 0 spiro atoms. The van der Waals surface area contributed by atoms with E-state index in [1.165, 1.54) is 0 Å². The zero-order valence-corrected chi connectivity index (χ0v) is 15.6. The first kappa shape index (κ1) is 20.1. The molecule has 0 bridgehead atoms. The van der Waals surface area contributed by atoms with Crippen molar-refractivity contribution < 1.29 is 24.3 Å². The molecule has 0 aromatic carbocycles. The smallest absolute Gasteiger partial charge is 0.324 e. The Bertz CT molecular complexity index is 572. The molecule has 10 heteroatoms. The number of hydrogen-bond acceptors (Lipinski definition) is 7. The van der Waals surface area contributed by atoms with Gasteiger partial charge >= 0.3 is 12.0 Å². The van der Waals surface area contributed by atoms with Crippen LogP contribution < -0.4 is 16.4 Å². The highest BCUT2D eigenvalue weighted by Gasteiger charge is 2.52. The number of rotatable bonds is 9. The second-order valence-corrected chi connectivity index (χ2v) is 8.07. The number of ketones is 2. The minimum atomic E-state index is -2.12. The molecule has 2 aliphatic heterocycles. The Morgan fingerprint density at radius 2 is 2.12 bits per heavy atom. The summed E-state index contributed by atoms with van der Waals surface area (Å²) in [5, 5.41) is 15.4. The fourth-order valence-electron chi connectivity index (χ4n) is 3.45. The molecule has 0 aromatic rings. The first-order valence-corrected chi connectivity index (χ1v) is 9.76. The molecule has 5 N–H and O–H groups in total. The van der Waals surface area contributed by atoms with E-state index in [0.717, 1.165) is 12.7 Å². The van der Waals surface area contributed by atoms with Gasteiger partial charge in [-0.2, -0.15) is 24.4 Å². The Labute approximate surface area is 155 Å². The number of carbonyl (C=O) groups is 4. The Balaban J connectivity index is 2.05. The Kier molecular flexibility index (Phi) is 6.39. The number of fused-ring (bicyclic) bond motifs is 1. The van der Waals surface area contributed by atoms with Gasteiger partial charge in [0.25, 0.3) is 0 Å². The standard InChI is InChI=1S/C15H23N3O5S2/c1-7(19)15(13(21)22,12(20)8(16)5-24)4-2-3-10-11-9(6-25-10)17-14(23)18-11/h8-11,24H,2-6,16H2,1H3,(H,21,22)(H2,17,18,23)/t8-,9-,10-,11-,15?/m0/s1. The summed E-state index contributed by atoms with van der Waals surface area (Å²) >= 11 is 5.63. The van der Waals surface area contributed by atoms with Crippen molar-refractivity contribution in [2.75, 3.05) is 11.5 Å². The Morgan fingerprint density at radius 3 is 2.68 bits per heavy atom. The van der Waals surface area contributed by atoms with Crippen LogP contribution in [-0.4, -0.2) is 63.6 Å². The van der Waals surface area contributed by atoms with Gasteiger partial charge in [0, 0.05) is 16.8 Å². The van der Waals surface area contributed by atoms with Crippen molar-refractivity contribution in [2.45, 2.75) is 49.6 Å². The van der Waals surface area contributed by atoms with Gasteiger partial charge in [0.2, 0.25) is 0 Å². The number of carboxylic acid groups (broad SMARTS) is 1. The number of carbonyl (C=O) groups excluding carboxylic acids is 3. The van der Waals surface area contributed by atoms with Crippen LogP contribution >= 0.6 is 24.4 Å². The second kappa shape index (κ2) is 7.96. The average molecular weight is 389 g/mol. The first-order chi connectivity index (χ1) is 11.7. The normalized spacial score (nSPS) is 28.4. The number of nitrogens with one attached hydrogen (secondary N) is 2. The molecule has 0 aliphatic carbocycles. The van der Waals surface area contributed by atoms with E-state index in [2.05, 4.69) is 23.3 Å². The zero-order valence-electron chi connectivity index (χ0n) is 13.9. The van der Waals surface area contributed by atoms with Crippen LogP contribution in [0.15, 0.2) is 0 Å². The van der Waals surface area contributed by atoms with E-state index in [-0.39, 0.29) is 35.5 Å². The molecule has 2 rings (SSSR count). The highest BCUT2D eigenvalue weighted by atomic mass is 32.2. The van der Waals surface area contributed by atoms with Crippen molar-refractivity contribution in [2.24, 2.45) is 11.1 Å². The van der Waals surface area contributed by atoms with E-state index in [9.17, 15) is 24.3 Å². The number of Topliss-reactive ketones (excluding diaryl/α,β-unsaturated/α-hetero) is 2. The van der Waals surface area contributed by atoms with Crippen LogP contribution in [0, 0.1) is 5.41 Å². The third-order valence-electron chi connectivity index (χ3n) is 4.90. The van der Waals surface area contributed by atoms with E-state index in [4.69, 9.17) is 5.73 Å². The largest absolute Gasteiger partial charge is 0.480 e. The molecular formula is C15H23N3O5S2. The third-order valence-corrected chi connectivity index (χ3v) is 6.80. The Morgan fingerprint density at radius 1 is 1.44 bits per heavy atom. The minimum Gasteiger partial charge on any atom is -0.480 e. The fraction of sp³-hybridized carbons (Fsp3) is 0.733. The van der Waals surface area contributed by atoms with Gasteiger partial charge < -0.3 is 21.5 Å². The monoisotopic (exact) mass is 389 g/mol. The van der Waals surface area contributed by atoms with Crippen LogP contribution in [0.5, 0.6) is 0 Å². The predicted octanol–water partition coefficient (Wildman–Crippen LogP) is -0.192. The number of carboxylic acids is 1. The van der Waals surface area contributed by atoms with Crippen molar-refractivity contribution in [1.82, 2.24) is 10.6 Å². The van der Waals surface area contributed by atoms with Gasteiger partial charge in [0.05, 0.1) is 18.1 Å². The maximum absolute atomic E-state index is 12.5. The zero-order chi connectivity index (χ0) is 18.8. The van der Waals surface area contributed by atoms with E-state index in [1.807, 2.05) is 0 Å². The lowest BCUT2D eigenvalue weighted by molar-refractivity contribution is -0.160. The summed E-state index contributed by atoms with van der Waals surface area (Å²) in [6.45, 7) is 1.11. The molecule has 2 amide bonds. The quantitative estimate of drug-likeness (QED) is 0.209. The van der Waals surface area contributed by atoms with Crippen LogP contribution in [-0.2, 0) is 14.4 Å². The Hall–Kier alpha value is -1.26. The van der Waals surface area contributed by atoms with E-state index in [0.29, 0.717) is 12.8 Å². The minimum absolute atomic E-state index is 0.00976. The number of thioether (sulfide) groups is 1. The van der Waals surface area contributed by atoms with Gasteiger partial charge in [-0.05, 0) is 19.8 Å². The first-order valence-electron chi connectivity index (χ1n) is 8.08. The second-order valence-electron chi connectivity index (χ2n) is 6.43. The van der Waals surface area contributed by atoms with E-state index in [1.54, 1.807) is 11.8 Å². The molecule has 0 saturated carbocycles. The summed E-state index contributed by atoms with van der Waals surface area (Å²) < 4.78 is 0. The van der Waals surface area contributed by atoms with Gasteiger partial charge in [0.1, 0.15) is 0 Å². The molecule has 2 fully saturated rings. The molecule has 0 radical (unpaired) electrons. The van der Waals surface area contributed by atoms with Gasteiger partial charge in [-0.25, -0.2) is 4.79 Å². The van der Waals surface area contributed by atoms with Crippen LogP contribution in [0.3, 0.4) is 0 Å². The summed E-state index contributed by atoms with van der Waals surface area (Å²) in [6.07, 6.45) is 0.862. The summed E-state index contributed by atoms with van der Waals surface area (Å²) in [7, 11) is 0. The maximum Gasteiger partial charge on any atom is 0.324 e.